The van der Waals surface area contributed by atoms with Gasteiger partial charge in [0.15, 0.2) is 17.1 Å². The number of fused-ring (bicyclic) bond motifs is 1. The van der Waals surface area contributed by atoms with Gasteiger partial charge in [0.1, 0.15) is 5.69 Å². The van der Waals surface area contributed by atoms with E-state index in [9.17, 15) is 27.2 Å². The number of pyridine rings is 2. The predicted octanol–water partition coefficient (Wildman–Crippen LogP) is 4.83. The average molecular weight is 449 g/mol. The van der Waals surface area contributed by atoms with Crippen LogP contribution in [-0.4, -0.2) is 21.8 Å². The van der Waals surface area contributed by atoms with E-state index in [1.54, 1.807) is 6.07 Å². The van der Waals surface area contributed by atoms with Crippen LogP contribution in [0.25, 0.3) is 10.9 Å². The maximum absolute atomic E-state index is 13.5. The second-order valence-corrected chi connectivity index (χ2v) is 8.00. The first-order chi connectivity index (χ1) is 15.0. The number of H-pyrrole nitrogens is 1. The summed E-state index contributed by atoms with van der Waals surface area (Å²) in [6.45, 7) is 3.02. The Bertz CT molecular complexity index is 1200. The number of carbonyl (C=O) groups excluding carboxylic acids is 1. The number of halogens is 4. The number of amides is 1. The van der Waals surface area contributed by atoms with Crippen molar-refractivity contribution in [2.24, 2.45) is 11.7 Å². The average Bonchev–Trinajstić information content (AvgIpc) is 2.75. The standard InChI is InChI=1S/C14H16F4.C9H7N3O2/c1-8-7-10(5-6-14(8,17)18)11-3-4-12(15)13(16)9(11)2;10-9(14)8-7-5(1-3-12-8)11-4-2-6(7)13/h3-4,8,10H,5-7H2,1-2H3;1-4H,(H2,10,14)(H,11,13)/t8-,10?;/m1./s1. The van der Waals surface area contributed by atoms with E-state index in [1.807, 2.05) is 0 Å². The first-order valence-corrected chi connectivity index (χ1v) is 10.1. The van der Waals surface area contributed by atoms with E-state index in [2.05, 4.69) is 9.97 Å². The van der Waals surface area contributed by atoms with Gasteiger partial charge in [-0.05, 0) is 48.9 Å². The molecule has 32 heavy (non-hydrogen) atoms. The molecule has 2 heterocycles. The second-order valence-electron chi connectivity index (χ2n) is 8.00. The largest absolute Gasteiger partial charge is 0.364 e. The number of nitrogens with zero attached hydrogens (tertiary/aromatic N) is 1. The molecular formula is C23H23F4N3O2. The van der Waals surface area contributed by atoms with Crippen molar-refractivity contribution in [1.82, 2.24) is 9.97 Å². The number of alkyl halides is 2. The highest BCUT2D eigenvalue weighted by Gasteiger charge is 2.42. The van der Waals surface area contributed by atoms with Crippen LogP contribution in [0.4, 0.5) is 17.6 Å². The number of nitrogens with two attached hydrogens (primary N) is 1. The van der Waals surface area contributed by atoms with E-state index in [1.165, 1.54) is 38.4 Å². The normalized spacial score (nSPS) is 19.8. The molecule has 9 heteroatoms. The molecule has 0 spiro atoms. The van der Waals surface area contributed by atoms with Gasteiger partial charge in [-0.25, -0.2) is 17.6 Å². The van der Waals surface area contributed by atoms with Crippen LogP contribution >= 0.6 is 0 Å². The summed E-state index contributed by atoms with van der Waals surface area (Å²) in [4.78, 5) is 29.0. The highest BCUT2D eigenvalue weighted by molar-refractivity contribution is 6.03. The summed E-state index contributed by atoms with van der Waals surface area (Å²) in [6, 6.07) is 5.54. The Morgan fingerprint density at radius 3 is 2.59 bits per heavy atom. The van der Waals surface area contributed by atoms with Gasteiger partial charge in [0.25, 0.3) is 11.8 Å². The van der Waals surface area contributed by atoms with Gasteiger partial charge in [-0.15, -0.1) is 0 Å². The molecular weight excluding hydrogens is 426 g/mol. The molecule has 1 aromatic carbocycles. The maximum atomic E-state index is 13.5. The summed E-state index contributed by atoms with van der Waals surface area (Å²) in [5, 5.41) is 0.238. The van der Waals surface area contributed by atoms with Gasteiger partial charge in [0.2, 0.25) is 0 Å². The molecule has 1 fully saturated rings. The molecule has 3 N–H and O–H groups in total. The summed E-state index contributed by atoms with van der Waals surface area (Å²) < 4.78 is 53.3. The van der Waals surface area contributed by atoms with Crippen LogP contribution in [0.3, 0.4) is 0 Å². The summed E-state index contributed by atoms with van der Waals surface area (Å²) in [6.07, 6.45) is 3.40. The smallest absolute Gasteiger partial charge is 0.268 e. The van der Waals surface area contributed by atoms with E-state index >= 15 is 0 Å². The molecule has 1 aliphatic rings. The van der Waals surface area contributed by atoms with Gasteiger partial charge in [-0.2, -0.15) is 0 Å². The minimum atomic E-state index is -2.64. The zero-order chi connectivity index (χ0) is 23.6. The number of hydrogen-bond acceptors (Lipinski definition) is 3. The molecule has 1 aliphatic carbocycles. The van der Waals surface area contributed by atoms with Crippen LogP contribution < -0.4 is 11.2 Å². The number of nitrogens with one attached hydrogen (secondary N) is 1. The van der Waals surface area contributed by atoms with Crippen LogP contribution in [0.1, 0.15) is 53.7 Å². The monoisotopic (exact) mass is 449 g/mol. The lowest BCUT2D eigenvalue weighted by molar-refractivity contribution is -0.0831. The fraction of sp³-hybridized carbons (Fsp3) is 0.348. The fourth-order valence-corrected chi connectivity index (χ4v) is 4.03. The minimum Gasteiger partial charge on any atom is -0.364 e. The lowest BCUT2D eigenvalue weighted by atomic mass is 9.75. The Morgan fingerprint density at radius 1 is 1.22 bits per heavy atom. The number of benzene rings is 1. The van der Waals surface area contributed by atoms with Crippen molar-refractivity contribution < 1.29 is 22.4 Å². The van der Waals surface area contributed by atoms with E-state index in [0.717, 1.165) is 6.07 Å². The molecule has 0 saturated heterocycles. The van der Waals surface area contributed by atoms with Crippen molar-refractivity contribution in [2.75, 3.05) is 0 Å². The van der Waals surface area contributed by atoms with Crippen molar-refractivity contribution in [3.05, 3.63) is 75.3 Å². The fourth-order valence-electron chi connectivity index (χ4n) is 4.03. The zero-order valence-corrected chi connectivity index (χ0v) is 17.6. The Balaban J connectivity index is 0.000000186. The number of hydrogen-bond donors (Lipinski definition) is 2. The van der Waals surface area contributed by atoms with Gasteiger partial charge in [0, 0.05) is 30.8 Å². The summed E-state index contributed by atoms with van der Waals surface area (Å²) in [7, 11) is 0. The summed E-state index contributed by atoms with van der Waals surface area (Å²) >= 11 is 0. The Kier molecular flexibility index (Phi) is 6.66. The number of carbonyl (C=O) groups is 1. The molecule has 3 aromatic rings. The van der Waals surface area contributed by atoms with Crippen LogP contribution in [0, 0.1) is 24.5 Å². The van der Waals surface area contributed by atoms with Crippen LogP contribution in [0.2, 0.25) is 0 Å². The molecule has 0 bridgehead atoms. The Labute approximate surface area is 181 Å². The van der Waals surface area contributed by atoms with Gasteiger partial charge in [-0.1, -0.05) is 13.0 Å². The van der Waals surface area contributed by atoms with E-state index < -0.39 is 29.4 Å². The zero-order valence-electron chi connectivity index (χ0n) is 17.6. The third kappa shape index (κ3) is 4.66. The molecule has 1 unspecified atom stereocenters. The molecule has 1 saturated carbocycles. The van der Waals surface area contributed by atoms with Crippen LogP contribution in [0.5, 0.6) is 0 Å². The second kappa shape index (κ2) is 9.10. The number of aromatic amines is 1. The number of rotatable bonds is 2. The third-order valence-electron chi connectivity index (χ3n) is 5.91. The molecule has 170 valence electrons. The lowest BCUT2D eigenvalue weighted by Crippen LogP contribution is -2.32. The van der Waals surface area contributed by atoms with Crippen molar-refractivity contribution in [3.63, 3.8) is 0 Å². The van der Waals surface area contributed by atoms with Crippen molar-refractivity contribution in [3.8, 4) is 0 Å². The van der Waals surface area contributed by atoms with Gasteiger partial charge in [0.05, 0.1) is 10.9 Å². The van der Waals surface area contributed by atoms with E-state index in [4.69, 9.17) is 5.73 Å². The predicted molar refractivity (Wildman–Crippen MR) is 113 cm³/mol. The van der Waals surface area contributed by atoms with Crippen molar-refractivity contribution in [1.29, 1.82) is 0 Å². The number of aromatic nitrogens is 2. The van der Waals surface area contributed by atoms with E-state index in [-0.39, 0.29) is 34.4 Å². The summed E-state index contributed by atoms with van der Waals surface area (Å²) in [5.41, 5.74) is 6.30. The third-order valence-corrected chi connectivity index (χ3v) is 5.91. The van der Waals surface area contributed by atoms with Crippen molar-refractivity contribution >= 4 is 16.8 Å². The summed E-state index contributed by atoms with van der Waals surface area (Å²) in [5.74, 6) is -5.91. The van der Waals surface area contributed by atoms with Crippen LogP contribution in [0.15, 0.2) is 41.5 Å². The highest BCUT2D eigenvalue weighted by atomic mass is 19.3. The van der Waals surface area contributed by atoms with Crippen molar-refractivity contribution in [2.45, 2.75) is 45.0 Å². The topological polar surface area (TPSA) is 88.8 Å². The molecule has 0 radical (unpaired) electrons. The molecule has 1 amide bonds. The molecule has 5 nitrogen and oxygen atoms in total. The number of primary amides is 1. The molecule has 0 aliphatic heterocycles. The quantitative estimate of drug-likeness (QED) is 0.549. The Hall–Kier alpha value is -3.23. The Morgan fingerprint density at radius 2 is 1.94 bits per heavy atom. The minimum absolute atomic E-state index is 0.00403. The molecule has 4 rings (SSSR count). The SMILES string of the molecule is Cc1c(C2CCC(F)(F)[C@H](C)C2)ccc(F)c1F.NC(=O)c1nccc2[nH]ccc(=O)c12. The lowest BCUT2D eigenvalue weighted by Gasteiger charge is -2.34. The first-order valence-electron chi connectivity index (χ1n) is 10.1. The maximum Gasteiger partial charge on any atom is 0.268 e. The van der Waals surface area contributed by atoms with Crippen LogP contribution in [-0.2, 0) is 0 Å². The van der Waals surface area contributed by atoms with Gasteiger partial charge >= 0.3 is 0 Å². The first kappa shape index (κ1) is 23.4. The highest BCUT2D eigenvalue weighted by Crippen LogP contribution is 2.45. The van der Waals surface area contributed by atoms with E-state index in [0.29, 0.717) is 23.9 Å². The van der Waals surface area contributed by atoms with Gasteiger partial charge in [-0.3, -0.25) is 14.6 Å². The van der Waals surface area contributed by atoms with Gasteiger partial charge < -0.3 is 10.7 Å². The molecule has 2 aromatic heterocycles. The molecule has 2 atom stereocenters.